The van der Waals surface area contributed by atoms with Crippen LogP contribution < -0.4 is 5.32 Å². The largest absolute Gasteiger partial charge is 0.322 e. The van der Waals surface area contributed by atoms with Crippen LogP contribution in [0.1, 0.15) is 46.8 Å². The van der Waals surface area contributed by atoms with E-state index in [1.165, 1.54) is 16.7 Å². The van der Waals surface area contributed by atoms with Crippen molar-refractivity contribution in [2.24, 2.45) is 0 Å². The van der Waals surface area contributed by atoms with Gasteiger partial charge >= 0.3 is 0 Å². The molecule has 0 saturated carbocycles. The predicted octanol–water partition coefficient (Wildman–Crippen LogP) is 5.74. The van der Waals surface area contributed by atoms with Gasteiger partial charge < -0.3 is 5.32 Å². The van der Waals surface area contributed by atoms with Crippen LogP contribution in [-0.4, -0.2) is 10.9 Å². The minimum absolute atomic E-state index is 0.151. The average Bonchev–Trinajstić information content (AvgIpc) is 2.64. The highest BCUT2D eigenvalue weighted by atomic mass is 16.1. The highest BCUT2D eigenvalue weighted by Crippen LogP contribution is 2.21. The Hall–Kier alpha value is -2.94. The summed E-state index contributed by atoms with van der Waals surface area (Å²) in [7, 11) is 0. The van der Waals surface area contributed by atoms with E-state index in [1.54, 1.807) is 6.20 Å². The zero-order valence-corrected chi connectivity index (χ0v) is 15.7. The van der Waals surface area contributed by atoms with E-state index in [0.717, 1.165) is 16.9 Å². The molecule has 0 atom stereocenters. The molecule has 0 bridgehead atoms. The fraction of sp³-hybridized carbons (Fsp3) is 0.217. The third-order valence-electron chi connectivity index (χ3n) is 4.66. The lowest BCUT2D eigenvalue weighted by Crippen LogP contribution is -2.12. The highest BCUT2D eigenvalue weighted by molar-refractivity contribution is 6.04. The van der Waals surface area contributed by atoms with Gasteiger partial charge in [-0.1, -0.05) is 38.1 Å². The number of carbonyl (C=O) groups excluding carboxylic acids is 1. The SMILES string of the molecule is Cc1ccc(-c2ccc(C(=O)Nc3ccc(C(C)C)cc3)cn2)cc1C. The number of nitrogens with one attached hydrogen (secondary N) is 1. The van der Waals surface area contributed by atoms with Crippen molar-refractivity contribution in [3.05, 3.63) is 83.0 Å². The van der Waals surface area contributed by atoms with Gasteiger partial charge in [-0.05, 0) is 66.8 Å². The Morgan fingerprint density at radius 3 is 2.23 bits per heavy atom. The van der Waals surface area contributed by atoms with E-state index in [2.05, 4.69) is 56.2 Å². The number of aryl methyl sites for hydroxylation is 2. The van der Waals surface area contributed by atoms with Crippen molar-refractivity contribution in [1.29, 1.82) is 0 Å². The summed E-state index contributed by atoms with van der Waals surface area (Å²) in [5.74, 6) is 0.323. The summed E-state index contributed by atoms with van der Waals surface area (Å²) < 4.78 is 0. The Morgan fingerprint density at radius 1 is 0.923 bits per heavy atom. The molecule has 3 nitrogen and oxygen atoms in total. The van der Waals surface area contributed by atoms with Crippen molar-refractivity contribution < 1.29 is 4.79 Å². The summed E-state index contributed by atoms with van der Waals surface area (Å²) in [6.45, 7) is 8.48. The van der Waals surface area contributed by atoms with Gasteiger partial charge in [0.15, 0.2) is 0 Å². The molecular weight excluding hydrogens is 320 g/mol. The van der Waals surface area contributed by atoms with E-state index in [9.17, 15) is 4.79 Å². The van der Waals surface area contributed by atoms with Crippen molar-refractivity contribution in [3.8, 4) is 11.3 Å². The van der Waals surface area contributed by atoms with E-state index < -0.39 is 0 Å². The predicted molar refractivity (Wildman–Crippen MR) is 108 cm³/mol. The van der Waals surface area contributed by atoms with Crippen LogP contribution in [0, 0.1) is 13.8 Å². The topological polar surface area (TPSA) is 42.0 Å². The normalized spacial score (nSPS) is 10.8. The summed E-state index contributed by atoms with van der Waals surface area (Å²) in [6.07, 6.45) is 1.63. The molecular formula is C23H24N2O. The highest BCUT2D eigenvalue weighted by Gasteiger charge is 2.08. The molecule has 26 heavy (non-hydrogen) atoms. The third-order valence-corrected chi connectivity index (χ3v) is 4.66. The first-order valence-electron chi connectivity index (χ1n) is 8.89. The maximum atomic E-state index is 12.4. The quantitative estimate of drug-likeness (QED) is 0.655. The minimum Gasteiger partial charge on any atom is -0.322 e. The molecule has 3 heteroatoms. The third kappa shape index (κ3) is 3.99. The molecule has 0 fully saturated rings. The monoisotopic (exact) mass is 344 g/mol. The van der Waals surface area contributed by atoms with Gasteiger partial charge in [0, 0.05) is 17.4 Å². The molecule has 0 radical (unpaired) electrons. The maximum absolute atomic E-state index is 12.4. The number of pyridine rings is 1. The molecule has 3 aromatic rings. The number of nitrogens with zero attached hydrogens (tertiary/aromatic N) is 1. The Kier molecular flexibility index (Phi) is 5.17. The molecule has 0 unspecified atom stereocenters. The summed E-state index contributed by atoms with van der Waals surface area (Å²) in [6, 6.07) is 17.9. The van der Waals surface area contributed by atoms with Crippen LogP contribution >= 0.6 is 0 Å². The zero-order chi connectivity index (χ0) is 18.7. The number of amides is 1. The number of rotatable bonds is 4. The van der Waals surface area contributed by atoms with Gasteiger partial charge in [0.2, 0.25) is 0 Å². The van der Waals surface area contributed by atoms with Gasteiger partial charge in [-0.15, -0.1) is 0 Å². The molecule has 1 aromatic heterocycles. The first kappa shape index (κ1) is 17.9. The fourth-order valence-corrected chi connectivity index (χ4v) is 2.75. The molecule has 3 rings (SSSR count). The number of aromatic nitrogens is 1. The molecule has 0 spiro atoms. The number of benzene rings is 2. The second-order valence-electron chi connectivity index (χ2n) is 6.96. The second-order valence-corrected chi connectivity index (χ2v) is 6.96. The van der Waals surface area contributed by atoms with Gasteiger partial charge in [0.25, 0.3) is 5.91 Å². The van der Waals surface area contributed by atoms with E-state index in [-0.39, 0.29) is 5.91 Å². The summed E-state index contributed by atoms with van der Waals surface area (Å²) in [5, 5.41) is 2.92. The van der Waals surface area contributed by atoms with Crippen LogP contribution in [0.25, 0.3) is 11.3 Å². The number of hydrogen-bond acceptors (Lipinski definition) is 2. The molecule has 0 aliphatic heterocycles. The first-order valence-corrected chi connectivity index (χ1v) is 8.89. The van der Waals surface area contributed by atoms with Crippen LogP contribution in [0.2, 0.25) is 0 Å². The van der Waals surface area contributed by atoms with Crippen LogP contribution in [0.4, 0.5) is 5.69 Å². The lowest BCUT2D eigenvalue weighted by molar-refractivity contribution is 0.102. The Balaban J connectivity index is 1.73. The first-order chi connectivity index (χ1) is 12.4. The maximum Gasteiger partial charge on any atom is 0.257 e. The van der Waals surface area contributed by atoms with Crippen molar-refractivity contribution in [2.75, 3.05) is 5.32 Å². The van der Waals surface area contributed by atoms with E-state index in [4.69, 9.17) is 0 Å². The minimum atomic E-state index is -0.151. The average molecular weight is 344 g/mol. The molecule has 0 saturated heterocycles. The van der Waals surface area contributed by atoms with E-state index in [1.807, 2.05) is 36.4 Å². The molecule has 1 heterocycles. The van der Waals surface area contributed by atoms with Crippen LogP contribution in [0.15, 0.2) is 60.8 Å². The van der Waals surface area contributed by atoms with Crippen molar-refractivity contribution in [3.63, 3.8) is 0 Å². The molecule has 132 valence electrons. The molecule has 2 aromatic carbocycles. The summed E-state index contributed by atoms with van der Waals surface area (Å²) in [4.78, 5) is 16.9. The molecule has 0 aliphatic rings. The van der Waals surface area contributed by atoms with Gasteiger partial charge in [0.1, 0.15) is 0 Å². The summed E-state index contributed by atoms with van der Waals surface area (Å²) in [5.41, 5.74) is 7.00. The fourth-order valence-electron chi connectivity index (χ4n) is 2.75. The second kappa shape index (κ2) is 7.52. The Bertz CT molecular complexity index is 910. The van der Waals surface area contributed by atoms with E-state index in [0.29, 0.717) is 11.5 Å². The van der Waals surface area contributed by atoms with Crippen molar-refractivity contribution >= 4 is 11.6 Å². The van der Waals surface area contributed by atoms with Gasteiger partial charge in [-0.2, -0.15) is 0 Å². The van der Waals surface area contributed by atoms with Crippen LogP contribution in [0.5, 0.6) is 0 Å². The standard InChI is InChI=1S/C23H24N2O/c1-15(2)18-7-10-21(11-8-18)25-23(26)20-9-12-22(24-14-20)19-6-5-16(3)17(4)13-19/h5-15H,1-4H3,(H,25,26). The number of anilines is 1. The lowest BCUT2D eigenvalue weighted by atomic mass is 10.0. The van der Waals surface area contributed by atoms with Gasteiger partial charge in [-0.25, -0.2) is 0 Å². The van der Waals surface area contributed by atoms with Crippen molar-refractivity contribution in [1.82, 2.24) is 4.98 Å². The number of hydrogen-bond donors (Lipinski definition) is 1. The van der Waals surface area contributed by atoms with E-state index >= 15 is 0 Å². The van der Waals surface area contributed by atoms with Gasteiger partial charge in [-0.3, -0.25) is 9.78 Å². The Morgan fingerprint density at radius 2 is 1.65 bits per heavy atom. The summed E-state index contributed by atoms with van der Waals surface area (Å²) >= 11 is 0. The molecule has 0 aliphatic carbocycles. The molecule has 1 amide bonds. The van der Waals surface area contributed by atoms with Gasteiger partial charge in [0.05, 0.1) is 11.3 Å². The van der Waals surface area contributed by atoms with Crippen molar-refractivity contribution in [2.45, 2.75) is 33.6 Å². The molecule has 1 N–H and O–H groups in total. The smallest absolute Gasteiger partial charge is 0.257 e. The van der Waals surface area contributed by atoms with Crippen LogP contribution in [-0.2, 0) is 0 Å². The Labute approximate surface area is 155 Å². The lowest BCUT2D eigenvalue weighted by Gasteiger charge is -2.09. The van der Waals surface area contributed by atoms with Crippen LogP contribution in [0.3, 0.4) is 0 Å². The number of carbonyl (C=O) groups is 1. The zero-order valence-electron chi connectivity index (χ0n) is 15.7.